The third kappa shape index (κ3) is 4.80. The first-order valence-electron chi connectivity index (χ1n) is 12.5. The fourth-order valence-corrected chi connectivity index (χ4v) is 4.79. The molecule has 8 nitrogen and oxygen atoms in total. The van der Waals surface area contributed by atoms with Gasteiger partial charge in [-0.15, -0.1) is 0 Å². The summed E-state index contributed by atoms with van der Waals surface area (Å²) in [6.07, 6.45) is 3.26. The second kappa shape index (κ2) is 10.3. The van der Waals surface area contributed by atoms with Crippen LogP contribution < -0.4 is 14.2 Å². The molecule has 2 aliphatic rings. The molecule has 0 aliphatic carbocycles. The molecule has 8 heteroatoms. The van der Waals surface area contributed by atoms with E-state index in [0.717, 1.165) is 5.56 Å². The summed E-state index contributed by atoms with van der Waals surface area (Å²) in [5, 5.41) is 11.5. The highest BCUT2D eigenvalue weighted by atomic mass is 16.6. The van der Waals surface area contributed by atoms with Crippen molar-refractivity contribution < 1.29 is 28.9 Å². The number of likely N-dealkylation sites (tertiary alicyclic amines) is 1. The quantitative estimate of drug-likeness (QED) is 0.210. The summed E-state index contributed by atoms with van der Waals surface area (Å²) in [5.74, 6) is 0.441. The molecule has 3 aromatic carbocycles. The molecule has 39 heavy (non-hydrogen) atoms. The number of carbonyl (C=O) groups excluding carboxylic acids is 2. The van der Waals surface area contributed by atoms with Crippen LogP contribution in [-0.4, -0.2) is 39.9 Å². The predicted octanol–water partition coefficient (Wildman–Crippen LogP) is 5.27. The fraction of sp³-hybridized carbons (Fsp3) is 0.129. The monoisotopic (exact) mass is 520 g/mol. The number of amides is 1. The van der Waals surface area contributed by atoms with Gasteiger partial charge in [0.05, 0.1) is 11.6 Å². The molecule has 194 valence electrons. The molecule has 3 heterocycles. The van der Waals surface area contributed by atoms with Gasteiger partial charge in [0, 0.05) is 24.5 Å². The van der Waals surface area contributed by atoms with Gasteiger partial charge in [-0.05, 0) is 65.7 Å². The summed E-state index contributed by atoms with van der Waals surface area (Å²) in [4.78, 5) is 32.4. The molecular weight excluding hydrogens is 496 g/mol. The molecule has 1 N–H and O–H groups in total. The second-order valence-electron chi connectivity index (χ2n) is 9.13. The highest BCUT2D eigenvalue weighted by molar-refractivity contribution is 6.46. The maximum Gasteiger partial charge on any atom is 0.295 e. The molecule has 1 atom stereocenters. The van der Waals surface area contributed by atoms with E-state index in [2.05, 4.69) is 4.98 Å². The zero-order valence-electron chi connectivity index (χ0n) is 20.8. The Kier molecular flexibility index (Phi) is 6.42. The molecule has 1 saturated heterocycles. The van der Waals surface area contributed by atoms with E-state index >= 15 is 0 Å². The van der Waals surface area contributed by atoms with Crippen molar-refractivity contribution in [3.63, 3.8) is 0 Å². The van der Waals surface area contributed by atoms with Crippen LogP contribution in [0.15, 0.2) is 103 Å². The first kappa shape index (κ1) is 24.2. The van der Waals surface area contributed by atoms with E-state index in [4.69, 9.17) is 14.2 Å². The zero-order valence-corrected chi connectivity index (χ0v) is 20.8. The number of rotatable bonds is 6. The van der Waals surface area contributed by atoms with E-state index in [9.17, 15) is 14.7 Å². The lowest BCUT2D eigenvalue weighted by Gasteiger charge is -2.26. The molecule has 0 radical (unpaired) electrons. The number of hydrogen-bond donors (Lipinski definition) is 1. The third-order valence-electron chi connectivity index (χ3n) is 6.61. The van der Waals surface area contributed by atoms with Crippen molar-refractivity contribution in [1.29, 1.82) is 0 Å². The van der Waals surface area contributed by atoms with Gasteiger partial charge in [0.15, 0.2) is 11.5 Å². The van der Waals surface area contributed by atoms with E-state index in [0.29, 0.717) is 47.3 Å². The van der Waals surface area contributed by atoms with E-state index in [1.165, 1.54) is 4.90 Å². The summed E-state index contributed by atoms with van der Waals surface area (Å²) >= 11 is 0. The van der Waals surface area contributed by atoms with Gasteiger partial charge < -0.3 is 24.2 Å². The van der Waals surface area contributed by atoms with Crippen LogP contribution in [-0.2, 0) is 16.1 Å². The molecule has 4 aromatic rings. The Morgan fingerprint density at radius 2 is 1.62 bits per heavy atom. The number of fused-ring (bicyclic) bond motifs is 1. The van der Waals surface area contributed by atoms with Crippen molar-refractivity contribution in [3.05, 3.63) is 120 Å². The van der Waals surface area contributed by atoms with Gasteiger partial charge in [-0.2, -0.15) is 0 Å². The molecule has 1 fully saturated rings. The lowest BCUT2D eigenvalue weighted by Crippen LogP contribution is -2.29. The zero-order chi connectivity index (χ0) is 26.8. The van der Waals surface area contributed by atoms with Gasteiger partial charge in [0.25, 0.3) is 11.7 Å². The van der Waals surface area contributed by atoms with E-state index in [1.807, 2.05) is 36.4 Å². The van der Waals surface area contributed by atoms with Crippen molar-refractivity contribution >= 4 is 17.4 Å². The maximum absolute atomic E-state index is 13.5. The first-order chi connectivity index (χ1) is 19.1. The predicted molar refractivity (Wildman–Crippen MR) is 142 cm³/mol. The Hall–Kier alpha value is -5.11. The van der Waals surface area contributed by atoms with E-state index < -0.39 is 17.7 Å². The maximum atomic E-state index is 13.5. The van der Waals surface area contributed by atoms with Gasteiger partial charge in [0.2, 0.25) is 0 Å². The van der Waals surface area contributed by atoms with Crippen LogP contribution in [0, 0.1) is 0 Å². The Bertz CT molecular complexity index is 1570. The highest BCUT2D eigenvalue weighted by Crippen LogP contribution is 2.42. The Balaban J connectivity index is 1.45. The van der Waals surface area contributed by atoms with Gasteiger partial charge in [-0.25, -0.2) is 0 Å². The molecule has 6 rings (SSSR count). The van der Waals surface area contributed by atoms with E-state index in [-0.39, 0.29) is 17.9 Å². The van der Waals surface area contributed by atoms with E-state index in [1.54, 1.807) is 60.9 Å². The lowest BCUT2D eigenvalue weighted by molar-refractivity contribution is -0.140. The molecule has 1 unspecified atom stereocenters. The first-order valence-corrected chi connectivity index (χ1v) is 12.5. The number of carbonyl (C=O) groups is 2. The fourth-order valence-electron chi connectivity index (χ4n) is 4.79. The number of aliphatic hydroxyl groups is 1. The largest absolute Gasteiger partial charge is 0.507 e. The molecule has 2 aliphatic heterocycles. The minimum atomic E-state index is -0.856. The van der Waals surface area contributed by atoms with Crippen LogP contribution in [0.5, 0.6) is 23.0 Å². The number of nitrogens with zero attached hydrogens (tertiary/aromatic N) is 2. The number of aliphatic hydroxyl groups excluding tert-OH is 1. The van der Waals surface area contributed by atoms with Gasteiger partial charge in [-0.3, -0.25) is 14.6 Å². The van der Waals surface area contributed by atoms with Crippen LogP contribution >= 0.6 is 0 Å². The highest BCUT2D eigenvalue weighted by Gasteiger charge is 2.46. The van der Waals surface area contributed by atoms with Crippen molar-refractivity contribution in [2.75, 3.05) is 13.2 Å². The number of benzene rings is 3. The smallest absolute Gasteiger partial charge is 0.295 e. The third-order valence-corrected chi connectivity index (χ3v) is 6.61. The minimum absolute atomic E-state index is 0.0115. The van der Waals surface area contributed by atoms with Gasteiger partial charge >= 0.3 is 0 Å². The Labute approximate surface area is 224 Å². The number of para-hydroxylation sites is 1. The average Bonchev–Trinajstić information content (AvgIpc) is 3.22. The molecule has 0 bridgehead atoms. The Morgan fingerprint density at radius 1 is 0.872 bits per heavy atom. The van der Waals surface area contributed by atoms with Gasteiger partial charge in [-0.1, -0.05) is 30.3 Å². The molecule has 1 amide bonds. The van der Waals surface area contributed by atoms with Crippen molar-refractivity contribution in [1.82, 2.24) is 9.88 Å². The molecular formula is C31H24N2O6. The Morgan fingerprint density at radius 3 is 2.41 bits per heavy atom. The number of aromatic nitrogens is 1. The van der Waals surface area contributed by atoms with Crippen LogP contribution in [0.2, 0.25) is 0 Å². The van der Waals surface area contributed by atoms with Crippen LogP contribution in [0.4, 0.5) is 0 Å². The molecule has 0 saturated carbocycles. The summed E-state index contributed by atoms with van der Waals surface area (Å²) in [6.45, 7) is 0.959. The SMILES string of the molecule is O=C1C(=O)N(Cc2ccncc2)C(c2cccc(Oc3ccccc3)c2)/C1=C(\O)c1ccc2c(c1)OCCO2. The van der Waals surface area contributed by atoms with Gasteiger partial charge in [0.1, 0.15) is 30.5 Å². The molecule has 0 spiro atoms. The van der Waals surface area contributed by atoms with Crippen LogP contribution in [0.25, 0.3) is 5.76 Å². The number of ether oxygens (including phenoxy) is 3. The summed E-state index contributed by atoms with van der Waals surface area (Å²) in [7, 11) is 0. The molecule has 1 aromatic heterocycles. The second-order valence-corrected chi connectivity index (χ2v) is 9.13. The summed E-state index contributed by atoms with van der Waals surface area (Å²) < 4.78 is 17.3. The normalized spacial score (nSPS) is 17.7. The van der Waals surface area contributed by atoms with Crippen molar-refractivity contribution in [2.45, 2.75) is 12.6 Å². The van der Waals surface area contributed by atoms with Crippen LogP contribution in [0.1, 0.15) is 22.7 Å². The van der Waals surface area contributed by atoms with Crippen LogP contribution in [0.3, 0.4) is 0 Å². The topological polar surface area (TPSA) is 98.2 Å². The number of hydrogen-bond acceptors (Lipinski definition) is 7. The van der Waals surface area contributed by atoms with Crippen molar-refractivity contribution in [3.8, 4) is 23.0 Å². The average molecular weight is 521 g/mol. The number of pyridine rings is 1. The summed E-state index contributed by atoms with van der Waals surface area (Å²) in [5.41, 5.74) is 1.76. The number of Topliss-reactive ketones (excluding diaryl/α,β-unsaturated/α-hetero) is 1. The minimum Gasteiger partial charge on any atom is -0.507 e. The standard InChI is InChI=1S/C31H24N2O6/c34-29(22-9-10-25-26(18-22)38-16-15-37-25)27-28(33(31(36)30(27)35)19-20-11-13-32-14-12-20)21-5-4-8-24(17-21)39-23-6-2-1-3-7-23/h1-14,17-18,28,34H,15-16,19H2/b29-27+. The number of ketones is 1. The lowest BCUT2D eigenvalue weighted by atomic mass is 9.95. The van der Waals surface area contributed by atoms with Crippen molar-refractivity contribution in [2.24, 2.45) is 0 Å². The summed E-state index contributed by atoms with van der Waals surface area (Å²) in [6, 6.07) is 24.1.